The molecule has 1 amide bonds. The second kappa shape index (κ2) is 8.37. The fourth-order valence-electron chi connectivity index (χ4n) is 3.37. The van der Waals surface area contributed by atoms with Crippen LogP contribution in [0, 0.1) is 6.92 Å². The molecule has 0 aliphatic carbocycles. The lowest BCUT2D eigenvalue weighted by Crippen LogP contribution is -2.45. The molecule has 1 aliphatic heterocycles. The molecule has 0 atom stereocenters. The van der Waals surface area contributed by atoms with Crippen LogP contribution in [-0.4, -0.2) is 51.1 Å². The number of hydrogen-bond acceptors (Lipinski definition) is 3. The molecule has 0 saturated carbocycles. The largest absolute Gasteiger partial charge is 0.367 e. The maximum atomic E-state index is 12.9. The van der Waals surface area contributed by atoms with Gasteiger partial charge in [-0.2, -0.15) is 0 Å². The molecule has 0 spiro atoms. The summed E-state index contributed by atoms with van der Waals surface area (Å²) < 4.78 is 0. The topological polar surface area (TPSA) is 26.8 Å². The molecule has 0 N–H and O–H groups in total. The highest BCUT2D eigenvalue weighted by Gasteiger charge is 2.26. The molecule has 1 aliphatic rings. The van der Waals surface area contributed by atoms with Crippen LogP contribution in [-0.2, 0) is 11.2 Å². The molecular formula is C22H29N3O. The minimum Gasteiger partial charge on any atom is -0.367 e. The molecule has 0 unspecified atom stereocenters. The number of hydrogen-bond donors (Lipinski definition) is 0. The normalized spacial score (nSPS) is 13.8. The van der Waals surface area contributed by atoms with Gasteiger partial charge in [0.15, 0.2) is 0 Å². The Hall–Kier alpha value is -2.33. The molecule has 4 nitrogen and oxygen atoms in total. The lowest BCUT2D eigenvalue weighted by molar-refractivity contribution is -0.118. The number of benzene rings is 2. The molecule has 0 saturated heterocycles. The minimum atomic E-state index is 0.213. The number of fused-ring (bicyclic) bond motifs is 1. The maximum Gasteiger partial charge on any atom is 0.227 e. The first kappa shape index (κ1) is 18.5. The number of carbonyl (C=O) groups excluding carboxylic acids is 1. The Morgan fingerprint density at radius 3 is 2.38 bits per heavy atom. The lowest BCUT2D eigenvalue weighted by atomic mass is 10.1. The Morgan fingerprint density at radius 1 is 1.00 bits per heavy atom. The predicted molar refractivity (Wildman–Crippen MR) is 109 cm³/mol. The zero-order valence-corrected chi connectivity index (χ0v) is 16.1. The van der Waals surface area contributed by atoms with E-state index >= 15 is 0 Å². The van der Waals surface area contributed by atoms with Crippen LogP contribution < -0.4 is 9.80 Å². The molecule has 0 bridgehead atoms. The third kappa shape index (κ3) is 4.44. The number of likely N-dealkylation sites (N-methyl/N-ethyl adjacent to an activating group) is 1. The quantitative estimate of drug-likeness (QED) is 0.799. The van der Waals surface area contributed by atoms with Gasteiger partial charge in [0.05, 0.1) is 11.4 Å². The number of rotatable bonds is 6. The highest BCUT2D eigenvalue weighted by atomic mass is 16.2. The van der Waals surface area contributed by atoms with Crippen molar-refractivity contribution in [3.05, 3.63) is 59.7 Å². The van der Waals surface area contributed by atoms with Crippen molar-refractivity contribution in [1.29, 1.82) is 0 Å². The van der Waals surface area contributed by atoms with Crippen LogP contribution in [0.4, 0.5) is 11.4 Å². The van der Waals surface area contributed by atoms with Crippen LogP contribution in [0.15, 0.2) is 48.5 Å². The summed E-state index contributed by atoms with van der Waals surface area (Å²) in [6, 6.07) is 16.7. The van der Waals surface area contributed by atoms with E-state index in [1.54, 1.807) is 0 Å². The second-order valence-electron chi connectivity index (χ2n) is 7.31. The first-order valence-electron chi connectivity index (χ1n) is 9.39. The zero-order chi connectivity index (χ0) is 18.5. The van der Waals surface area contributed by atoms with Crippen molar-refractivity contribution in [1.82, 2.24) is 4.90 Å². The first-order chi connectivity index (χ1) is 12.5. The van der Waals surface area contributed by atoms with E-state index in [0.717, 1.165) is 38.3 Å². The number of anilines is 2. The van der Waals surface area contributed by atoms with Gasteiger partial charge in [-0.1, -0.05) is 42.0 Å². The van der Waals surface area contributed by atoms with Crippen molar-refractivity contribution >= 4 is 17.3 Å². The summed E-state index contributed by atoms with van der Waals surface area (Å²) in [5, 5.41) is 0. The van der Waals surface area contributed by atoms with E-state index in [1.165, 1.54) is 16.8 Å². The van der Waals surface area contributed by atoms with Crippen molar-refractivity contribution in [3.8, 4) is 0 Å². The van der Waals surface area contributed by atoms with Crippen molar-refractivity contribution in [2.45, 2.75) is 19.8 Å². The van der Waals surface area contributed by atoms with Crippen LogP contribution >= 0.6 is 0 Å². The summed E-state index contributed by atoms with van der Waals surface area (Å²) in [4.78, 5) is 19.4. The SMILES string of the molecule is Cc1ccc(CCC(=O)N2CCN(CCN(C)C)c3ccccc32)cc1. The summed E-state index contributed by atoms with van der Waals surface area (Å²) in [6.45, 7) is 5.73. The molecule has 0 fully saturated rings. The van der Waals surface area contributed by atoms with Crippen LogP contribution in [0.1, 0.15) is 17.5 Å². The van der Waals surface area contributed by atoms with E-state index in [9.17, 15) is 4.79 Å². The van der Waals surface area contributed by atoms with Crippen molar-refractivity contribution in [3.63, 3.8) is 0 Å². The van der Waals surface area contributed by atoms with Crippen LogP contribution in [0.5, 0.6) is 0 Å². The molecule has 2 aromatic carbocycles. The third-order valence-corrected chi connectivity index (χ3v) is 4.97. The highest BCUT2D eigenvalue weighted by Crippen LogP contribution is 2.33. The van der Waals surface area contributed by atoms with Gasteiger partial charge in [0, 0.05) is 32.6 Å². The summed E-state index contributed by atoms with van der Waals surface area (Å²) in [6.07, 6.45) is 1.34. The predicted octanol–water partition coefficient (Wildman–Crippen LogP) is 3.34. The Labute approximate surface area is 157 Å². The molecule has 138 valence electrons. The van der Waals surface area contributed by atoms with E-state index < -0.39 is 0 Å². The van der Waals surface area contributed by atoms with E-state index in [-0.39, 0.29) is 5.91 Å². The van der Waals surface area contributed by atoms with Crippen molar-refractivity contribution < 1.29 is 4.79 Å². The Morgan fingerprint density at radius 2 is 1.69 bits per heavy atom. The fourth-order valence-corrected chi connectivity index (χ4v) is 3.37. The molecule has 3 rings (SSSR count). The van der Waals surface area contributed by atoms with Gasteiger partial charge >= 0.3 is 0 Å². The molecule has 2 aromatic rings. The minimum absolute atomic E-state index is 0.213. The third-order valence-electron chi connectivity index (χ3n) is 4.97. The number of para-hydroxylation sites is 2. The number of amides is 1. The molecular weight excluding hydrogens is 322 g/mol. The van der Waals surface area contributed by atoms with Crippen molar-refractivity contribution in [2.75, 3.05) is 50.1 Å². The second-order valence-corrected chi connectivity index (χ2v) is 7.31. The molecule has 0 aromatic heterocycles. The molecule has 4 heteroatoms. The van der Waals surface area contributed by atoms with Gasteiger partial charge in [-0.05, 0) is 45.1 Å². The van der Waals surface area contributed by atoms with Crippen molar-refractivity contribution in [2.24, 2.45) is 0 Å². The van der Waals surface area contributed by atoms with Gasteiger partial charge < -0.3 is 14.7 Å². The summed E-state index contributed by atoms with van der Waals surface area (Å²) in [5.41, 5.74) is 4.69. The van der Waals surface area contributed by atoms with Crippen LogP contribution in [0.3, 0.4) is 0 Å². The summed E-state index contributed by atoms with van der Waals surface area (Å²) >= 11 is 0. The van der Waals surface area contributed by atoms with Gasteiger partial charge in [0.2, 0.25) is 5.91 Å². The Balaban J connectivity index is 1.68. The number of carbonyl (C=O) groups is 1. The lowest BCUT2D eigenvalue weighted by Gasteiger charge is -2.38. The fraction of sp³-hybridized carbons (Fsp3) is 0.409. The van der Waals surface area contributed by atoms with E-state index in [4.69, 9.17) is 0 Å². The van der Waals surface area contributed by atoms with Gasteiger partial charge in [-0.25, -0.2) is 0 Å². The van der Waals surface area contributed by atoms with Gasteiger partial charge in [-0.15, -0.1) is 0 Å². The van der Waals surface area contributed by atoms with E-state index in [2.05, 4.69) is 73.3 Å². The van der Waals surface area contributed by atoms with E-state index in [0.29, 0.717) is 6.42 Å². The first-order valence-corrected chi connectivity index (χ1v) is 9.39. The Kier molecular flexibility index (Phi) is 5.94. The highest BCUT2D eigenvalue weighted by molar-refractivity contribution is 5.98. The van der Waals surface area contributed by atoms with Gasteiger partial charge in [0.25, 0.3) is 0 Å². The standard InChI is InChI=1S/C22H29N3O/c1-18-8-10-19(11-9-18)12-13-22(26)25-17-16-24(15-14-23(2)3)20-6-4-5-7-21(20)25/h4-11H,12-17H2,1-3H3. The monoisotopic (exact) mass is 351 g/mol. The average molecular weight is 351 g/mol. The number of aryl methyl sites for hydroxylation is 2. The van der Waals surface area contributed by atoms with Crippen LogP contribution in [0.25, 0.3) is 0 Å². The smallest absolute Gasteiger partial charge is 0.227 e. The summed E-state index contributed by atoms with van der Waals surface area (Å²) in [5.74, 6) is 0.213. The van der Waals surface area contributed by atoms with Crippen LogP contribution in [0.2, 0.25) is 0 Å². The average Bonchev–Trinajstić information content (AvgIpc) is 2.65. The zero-order valence-electron chi connectivity index (χ0n) is 16.1. The summed E-state index contributed by atoms with van der Waals surface area (Å²) in [7, 11) is 4.19. The maximum absolute atomic E-state index is 12.9. The number of nitrogens with zero attached hydrogens (tertiary/aromatic N) is 3. The molecule has 0 radical (unpaired) electrons. The molecule has 1 heterocycles. The van der Waals surface area contributed by atoms with E-state index in [1.807, 2.05) is 11.0 Å². The molecule has 26 heavy (non-hydrogen) atoms. The Bertz CT molecular complexity index is 739. The van der Waals surface area contributed by atoms with Gasteiger partial charge in [0.1, 0.15) is 0 Å². The van der Waals surface area contributed by atoms with Gasteiger partial charge in [-0.3, -0.25) is 4.79 Å².